The van der Waals surface area contributed by atoms with Crippen LogP contribution >= 0.6 is 27.7 Å². The van der Waals surface area contributed by atoms with E-state index in [-0.39, 0.29) is 5.91 Å². The fourth-order valence-electron chi connectivity index (χ4n) is 3.29. The summed E-state index contributed by atoms with van der Waals surface area (Å²) in [5, 5.41) is 0.646. The molecule has 0 N–H and O–H groups in total. The summed E-state index contributed by atoms with van der Waals surface area (Å²) in [6, 6.07) is 21.5. The van der Waals surface area contributed by atoms with Crippen LogP contribution in [0.4, 0.5) is 11.4 Å². The number of ether oxygens (including phenoxy) is 1. The fraction of sp³-hybridized carbons (Fsp3) is 0.120. The number of hydrogen-bond acceptors (Lipinski definition) is 4. The van der Waals surface area contributed by atoms with Crippen LogP contribution in [0.3, 0.4) is 0 Å². The van der Waals surface area contributed by atoms with E-state index >= 15 is 0 Å². The number of carbonyl (C=O) groups excluding carboxylic acids is 1. The molecule has 1 aliphatic heterocycles. The maximum absolute atomic E-state index is 13.5. The number of hydrogen-bond donors (Lipinski definition) is 0. The highest BCUT2D eigenvalue weighted by atomic mass is 79.9. The molecule has 1 fully saturated rings. The van der Waals surface area contributed by atoms with Gasteiger partial charge in [-0.2, -0.15) is 0 Å². The number of amidine groups is 1. The Morgan fingerprint density at radius 2 is 1.71 bits per heavy atom. The summed E-state index contributed by atoms with van der Waals surface area (Å²) in [6.45, 7) is 4.02. The molecule has 0 spiro atoms. The quantitative estimate of drug-likeness (QED) is 0.372. The summed E-state index contributed by atoms with van der Waals surface area (Å²) >= 11 is 4.90. The maximum Gasteiger partial charge on any atom is 0.271 e. The molecule has 0 bridgehead atoms. The van der Waals surface area contributed by atoms with Crippen LogP contribution in [0.15, 0.2) is 81.1 Å². The van der Waals surface area contributed by atoms with Gasteiger partial charge in [-0.05, 0) is 88.6 Å². The molecule has 3 aromatic rings. The van der Waals surface area contributed by atoms with E-state index in [1.165, 1.54) is 11.8 Å². The van der Waals surface area contributed by atoms with E-state index in [1.807, 2.05) is 86.7 Å². The van der Waals surface area contributed by atoms with Crippen LogP contribution in [-0.4, -0.2) is 18.2 Å². The standard InChI is InChI=1S/C25H21BrN2O2S/c1-16-8-4-6-10-20(16)27-25-28(21-11-7-5-9-17(21)2)24(29)23(31-25)15-18-12-13-22(30-3)19(26)14-18/h4-15H,1-3H3/b23-15+,27-25?. The van der Waals surface area contributed by atoms with Gasteiger partial charge < -0.3 is 4.74 Å². The van der Waals surface area contributed by atoms with E-state index < -0.39 is 0 Å². The molecule has 0 radical (unpaired) electrons. The second-order valence-electron chi connectivity index (χ2n) is 7.11. The summed E-state index contributed by atoms with van der Waals surface area (Å²) in [4.78, 5) is 20.7. The topological polar surface area (TPSA) is 41.9 Å². The van der Waals surface area contributed by atoms with Crippen molar-refractivity contribution in [3.05, 3.63) is 92.8 Å². The summed E-state index contributed by atoms with van der Waals surface area (Å²) < 4.78 is 6.14. The number of benzene rings is 3. The Labute approximate surface area is 194 Å². The summed E-state index contributed by atoms with van der Waals surface area (Å²) in [5.74, 6) is 0.662. The van der Waals surface area contributed by atoms with Crippen molar-refractivity contribution in [2.45, 2.75) is 13.8 Å². The van der Waals surface area contributed by atoms with Gasteiger partial charge in [0.05, 0.1) is 27.9 Å². The highest BCUT2D eigenvalue weighted by Crippen LogP contribution is 2.39. The highest BCUT2D eigenvalue weighted by molar-refractivity contribution is 9.10. The summed E-state index contributed by atoms with van der Waals surface area (Å²) in [7, 11) is 1.63. The number of aliphatic imine (C=N–C) groups is 1. The largest absolute Gasteiger partial charge is 0.496 e. The number of nitrogens with zero attached hydrogens (tertiary/aromatic N) is 2. The number of rotatable bonds is 4. The Morgan fingerprint density at radius 3 is 2.39 bits per heavy atom. The Morgan fingerprint density at radius 1 is 1.00 bits per heavy atom. The van der Waals surface area contributed by atoms with Crippen LogP contribution in [0.5, 0.6) is 5.75 Å². The molecule has 6 heteroatoms. The third-order valence-electron chi connectivity index (χ3n) is 4.97. The number of anilines is 1. The Kier molecular flexibility index (Phi) is 6.30. The van der Waals surface area contributed by atoms with Crippen molar-refractivity contribution in [3.63, 3.8) is 0 Å². The van der Waals surface area contributed by atoms with Gasteiger partial charge in [0, 0.05) is 0 Å². The molecule has 1 aliphatic rings. The minimum Gasteiger partial charge on any atom is -0.496 e. The van der Waals surface area contributed by atoms with Gasteiger partial charge in [-0.3, -0.25) is 9.69 Å². The predicted octanol–water partition coefficient (Wildman–Crippen LogP) is 6.88. The van der Waals surface area contributed by atoms with E-state index in [0.717, 1.165) is 38.3 Å². The highest BCUT2D eigenvalue weighted by Gasteiger charge is 2.35. The second kappa shape index (κ2) is 9.12. The molecule has 0 aliphatic carbocycles. The number of halogens is 1. The number of thioether (sulfide) groups is 1. The van der Waals surface area contributed by atoms with Crippen molar-refractivity contribution in [2.75, 3.05) is 12.0 Å². The average Bonchev–Trinajstić information content (AvgIpc) is 3.05. The lowest BCUT2D eigenvalue weighted by Crippen LogP contribution is -2.29. The first kappa shape index (κ1) is 21.4. The van der Waals surface area contributed by atoms with Crippen molar-refractivity contribution in [1.29, 1.82) is 0 Å². The average molecular weight is 493 g/mol. The number of carbonyl (C=O) groups is 1. The molecule has 0 unspecified atom stereocenters. The third kappa shape index (κ3) is 4.45. The first-order valence-corrected chi connectivity index (χ1v) is 11.4. The molecular weight excluding hydrogens is 472 g/mol. The van der Waals surface area contributed by atoms with Gasteiger partial charge >= 0.3 is 0 Å². The van der Waals surface area contributed by atoms with E-state index in [9.17, 15) is 4.79 Å². The number of methoxy groups -OCH3 is 1. The number of aryl methyl sites for hydroxylation is 2. The fourth-order valence-corrected chi connectivity index (χ4v) is 4.84. The minimum absolute atomic E-state index is 0.0847. The van der Waals surface area contributed by atoms with Gasteiger partial charge in [-0.25, -0.2) is 4.99 Å². The zero-order valence-electron chi connectivity index (χ0n) is 17.4. The van der Waals surface area contributed by atoms with Crippen LogP contribution in [0.25, 0.3) is 6.08 Å². The number of amides is 1. The van der Waals surface area contributed by atoms with Crippen LogP contribution in [0, 0.1) is 13.8 Å². The molecule has 4 nitrogen and oxygen atoms in total. The minimum atomic E-state index is -0.0847. The SMILES string of the molecule is COc1ccc(/C=C2/SC(=Nc3ccccc3C)N(c3ccccc3C)C2=O)cc1Br. The molecule has 156 valence electrons. The first-order chi connectivity index (χ1) is 15.0. The Balaban J connectivity index is 1.80. The van der Waals surface area contributed by atoms with Gasteiger partial charge in [0.2, 0.25) is 0 Å². The van der Waals surface area contributed by atoms with Gasteiger partial charge in [-0.15, -0.1) is 0 Å². The Bertz CT molecular complexity index is 1220. The summed E-state index contributed by atoms with van der Waals surface area (Å²) in [5.41, 5.74) is 4.67. The van der Waals surface area contributed by atoms with Crippen LogP contribution in [0.1, 0.15) is 16.7 Å². The van der Waals surface area contributed by atoms with Crippen molar-refractivity contribution < 1.29 is 9.53 Å². The lowest BCUT2D eigenvalue weighted by molar-refractivity contribution is -0.113. The van der Waals surface area contributed by atoms with E-state index in [2.05, 4.69) is 15.9 Å². The van der Waals surface area contributed by atoms with Crippen LogP contribution in [0.2, 0.25) is 0 Å². The summed E-state index contributed by atoms with van der Waals surface area (Å²) in [6.07, 6.45) is 1.89. The zero-order valence-corrected chi connectivity index (χ0v) is 19.8. The van der Waals surface area contributed by atoms with Gasteiger partial charge in [0.15, 0.2) is 5.17 Å². The molecule has 1 amide bonds. The van der Waals surface area contributed by atoms with Crippen molar-refractivity contribution in [1.82, 2.24) is 0 Å². The van der Waals surface area contributed by atoms with E-state index in [1.54, 1.807) is 12.0 Å². The predicted molar refractivity (Wildman–Crippen MR) is 133 cm³/mol. The van der Waals surface area contributed by atoms with Gasteiger partial charge in [-0.1, -0.05) is 42.5 Å². The second-order valence-corrected chi connectivity index (χ2v) is 8.98. The lowest BCUT2D eigenvalue weighted by atomic mass is 10.1. The molecule has 0 saturated carbocycles. The zero-order chi connectivity index (χ0) is 22.0. The van der Waals surface area contributed by atoms with Crippen LogP contribution in [-0.2, 0) is 4.79 Å². The molecule has 1 saturated heterocycles. The van der Waals surface area contributed by atoms with Gasteiger partial charge in [0.25, 0.3) is 5.91 Å². The normalized spacial score (nSPS) is 16.4. The molecule has 4 rings (SSSR count). The van der Waals surface area contributed by atoms with Gasteiger partial charge in [0.1, 0.15) is 5.75 Å². The smallest absolute Gasteiger partial charge is 0.271 e. The van der Waals surface area contributed by atoms with E-state index in [0.29, 0.717) is 10.1 Å². The van der Waals surface area contributed by atoms with Crippen molar-refractivity contribution >= 4 is 56.2 Å². The molecule has 3 aromatic carbocycles. The first-order valence-electron chi connectivity index (χ1n) is 9.75. The molecule has 1 heterocycles. The van der Waals surface area contributed by atoms with Crippen molar-refractivity contribution in [2.24, 2.45) is 4.99 Å². The molecule has 0 atom stereocenters. The molecule has 0 aromatic heterocycles. The number of para-hydroxylation sites is 2. The van der Waals surface area contributed by atoms with Crippen LogP contribution < -0.4 is 9.64 Å². The maximum atomic E-state index is 13.5. The molecular formula is C25H21BrN2O2S. The van der Waals surface area contributed by atoms with Crippen molar-refractivity contribution in [3.8, 4) is 5.75 Å². The molecule has 31 heavy (non-hydrogen) atoms. The monoisotopic (exact) mass is 492 g/mol. The third-order valence-corrected chi connectivity index (χ3v) is 6.56. The lowest BCUT2D eigenvalue weighted by Gasteiger charge is -2.18. The van der Waals surface area contributed by atoms with E-state index in [4.69, 9.17) is 9.73 Å². The Hall–Kier alpha value is -2.83.